The van der Waals surface area contributed by atoms with Crippen LogP contribution >= 0.6 is 11.3 Å². The summed E-state index contributed by atoms with van der Waals surface area (Å²) in [6.45, 7) is 1.03. The molecular weight excluding hydrogens is 240 g/mol. The van der Waals surface area contributed by atoms with Crippen molar-refractivity contribution < 1.29 is 14.7 Å². The third-order valence-corrected chi connectivity index (χ3v) is 2.98. The van der Waals surface area contributed by atoms with E-state index in [4.69, 9.17) is 5.11 Å². The number of aliphatic carboxylic acids is 1. The van der Waals surface area contributed by atoms with Crippen molar-refractivity contribution in [1.82, 2.24) is 10.6 Å². The number of nitrogens with one attached hydrogen (secondary N) is 2. The molecule has 0 spiro atoms. The first-order valence-corrected chi connectivity index (χ1v) is 6.32. The van der Waals surface area contributed by atoms with Crippen LogP contribution in [0.2, 0.25) is 0 Å². The van der Waals surface area contributed by atoms with Crippen LogP contribution in [0.15, 0.2) is 17.5 Å². The Morgan fingerprint density at radius 2 is 2.12 bits per heavy atom. The monoisotopic (exact) mass is 256 g/mol. The zero-order chi connectivity index (χ0) is 12.5. The van der Waals surface area contributed by atoms with E-state index in [-0.39, 0.29) is 12.5 Å². The molecule has 3 N–H and O–H groups in total. The third kappa shape index (κ3) is 6.57. The smallest absolute Gasteiger partial charge is 0.315 e. The highest BCUT2D eigenvalue weighted by molar-refractivity contribution is 7.09. The van der Waals surface area contributed by atoms with E-state index in [1.165, 1.54) is 0 Å². The van der Waals surface area contributed by atoms with Gasteiger partial charge < -0.3 is 15.7 Å². The summed E-state index contributed by atoms with van der Waals surface area (Å²) >= 11 is 1.59. The number of carboxylic acids is 1. The largest absolute Gasteiger partial charge is 0.481 e. The number of carbonyl (C=O) groups excluding carboxylic acids is 1. The fourth-order valence-corrected chi connectivity index (χ4v) is 1.89. The van der Waals surface area contributed by atoms with Crippen molar-refractivity contribution in [3.05, 3.63) is 22.4 Å². The summed E-state index contributed by atoms with van der Waals surface area (Å²) in [6, 6.07) is 3.68. The molecule has 1 heterocycles. The van der Waals surface area contributed by atoms with Crippen molar-refractivity contribution in [3.63, 3.8) is 0 Å². The van der Waals surface area contributed by atoms with E-state index < -0.39 is 5.97 Å². The van der Waals surface area contributed by atoms with Crippen molar-refractivity contribution in [2.45, 2.75) is 25.8 Å². The molecule has 0 aliphatic rings. The maximum Gasteiger partial charge on any atom is 0.315 e. The number of hydrogen-bond donors (Lipinski definition) is 3. The first-order valence-electron chi connectivity index (χ1n) is 5.44. The molecule has 0 bridgehead atoms. The van der Waals surface area contributed by atoms with E-state index >= 15 is 0 Å². The van der Waals surface area contributed by atoms with Gasteiger partial charge in [-0.15, -0.1) is 11.3 Å². The summed E-state index contributed by atoms with van der Waals surface area (Å²) in [5.74, 6) is -0.799. The molecule has 2 amide bonds. The molecule has 0 aliphatic heterocycles. The topological polar surface area (TPSA) is 78.4 Å². The van der Waals surface area contributed by atoms with Gasteiger partial charge in [0, 0.05) is 17.8 Å². The van der Waals surface area contributed by atoms with Gasteiger partial charge in [0.2, 0.25) is 0 Å². The van der Waals surface area contributed by atoms with Crippen LogP contribution in [0.3, 0.4) is 0 Å². The van der Waals surface area contributed by atoms with Crippen LogP contribution in [-0.2, 0) is 11.3 Å². The Labute approximate surface area is 104 Å². The lowest BCUT2D eigenvalue weighted by molar-refractivity contribution is -0.137. The van der Waals surface area contributed by atoms with Gasteiger partial charge in [-0.2, -0.15) is 0 Å². The second kappa shape index (κ2) is 7.67. The van der Waals surface area contributed by atoms with Crippen molar-refractivity contribution in [1.29, 1.82) is 0 Å². The number of unbranched alkanes of at least 4 members (excludes halogenated alkanes) is 1. The van der Waals surface area contributed by atoms with E-state index in [0.717, 1.165) is 4.88 Å². The van der Waals surface area contributed by atoms with Crippen molar-refractivity contribution in [3.8, 4) is 0 Å². The van der Waals surface area contributed by atoms with Gasteiger partial charge in [0.1, 0.15) is 0 Å². The van der Waals surface area contributed by atoms with Crippen LogP contribution in [0.4, 0.5) is 4.79 Å². The number of carbonyl (C=O) groups is 2. The van der Waals surface area contributed by atoms with E-state index in [9.17, 15) is 9.59 Å². The predicted octanol–water partition coefficient (Wildman–Crippen LogP) is 1.80. The van der Waals surface area contributed by atoms with Crippen LogP contribution in [0.1, 0.15) is 24.1 Å². The maximum absolute atomic E-state index is 11.3. The molecule has 1 aromatic rings. The molecule has 0 aliphatic carbocycles. The van der Waals surface area contributed by atoms with Crippen LogP contribution in [0.5, 0.6) is 0 Å². The second-order valence-electron chi connectivity index (χ2n) is 3.54. The normalized spacial score (nSPS) is 9.88. The Morgan fingerprint density at radius 3 is 2.76 bits per heavy atom. The zero-order valence-corrected chi connectivity index (χ0v) is 10.3. The van der Waals surface area contributed by atoms with E-state index in [1.54, 1.807) is 11.3 Å². The Kier molecular flexibility index (Phi) is 6.09. The van der Waals surface area contributed by atoms with E-state index in [2.05, 4.69) is 10.6 Å². The predicted molar refractivity (Wildman–Crippen MR) is 66.0 cm³/mol. The van der Waals surface area contributed by atoms with Gasteiger partial charge >= 0.3 is 12.0 Å². The summed E-state index contributed by atoms with van der Waals surface area (Å²) in [4.78, 5) is 22.6. The first-order chi connectivity index (χ1) is 8.18. The molecule has 0 radical (unpaired) electrons. The fourth-order valence-electron chi connectivity index (χ4n) is 1.25. The average molecular weight is 256 g/mol. The molecule has 0 aromatic carbocycles. The second-order valence-corrected chi connectivity index (χ2v) is 4.57. The summed E-state index contributed by atoms with van der Waals surface area (Å²) < 4.78 is 0. The number of carboxylic acid groups (broad SMARTS) is 1. The van der Waals surface area contributed by atoms with Gasteiger partial charge in [0.15, 0.2) is 0 Å². The lowest BCUT2D eigenvalue weighted by Crippen LogP contribution is -2.35. The standard InChI is InChI=1S/C11H16N2O3S/c14-10(15)5-1-2-6-12-11(16)13-8-9-4-3-7-17-9/h3-4,7H,1-2,5-6,8H2,(H,14,15)(H2,12,13,16). The van der Waals surface area contributed by atoms with Gasteiger partial charge in [-0.25, -0.2) is 4.79 Å². The molecule has 5 nitrogen and oxygen atoms in total. The van der Waals surface area contributed by atoms with Crippen molar-refractivity contribution in [2.24, 2.45) is 0 Å². The summed E-state index contributed by atoms with van der Waals surface area (Å²) in [6.07, 6.45) is 1.41. The Hall–Kier alpha value is -1.56. The number of hydrogen-bond acceptors (Lipinski definition) is 3. The zero-order valence-electron chi connectivity index (χ0n) is 9.44. The molecule has 17 heavy (non-hydrogen) atoms. The van der Waals surface area contributed by atoms with Gasteiger partial charge in [0.05, 0.1) is 6.54 Å². The fraction of sp³-hybridized carbons (Fsp3) is 0.455. The Morgan fingerprint density at radius 1 is 1.29 bits per heavy atom. The molecule has 0 saturated heterocycles. The SMILES string of the molecule is O=C(O)CCCCNC(=O)NCc1cccs1. The van der Waals surface area contributed by atoms with E-state index in [0.29, 0.717) is 25.9 Å². The van der Waals surface area contributed by atoms with Crippen LogP contribution in [0.25, 0.3) is 0 Å². The maximum atomic E-state index is 11.3. The summed E-state index contributed by atoms with van der Waals surface area (Å²) in [5.41, 5.74) is 0. The highest BCUT2D eigenvalue weighted by Crippen LogP contribution is 2.06. The lowest BCUT2D eigenvalue weighted by Gasteiger charge is -2.05. The number of urea groups is 1. The van der Waals surface area contributed by atoms with Gasteiger partial charge in [-0.05, 0) is 24.3 Å². The molecule has 6 heteroatoms. The molecular formula is C11H16N2O3S. The Bertz CT molecular complexity index is 352. The molecule has 0 fully saturated rings. The molecule has 0 atom stereocenters. The number of amides is 2. The van der Waals surface area contributed by atoms with Crippen LogP contribution in [-0.4, -0.2) is 23.7 Å². The minimum Gasteiger partial charge on any atom is -0.481 e. The molecule has 1 rings (SSSR count). The lowest BCUT2D eigenvalue weighted by atomic mass is 10.2. The van der Waals surface area contributed by atoms with Gasteiger partial charge in [0.25, 0.3) is 0 Å². The molecule has 94 valence electrons. The molecule has 0 unspecified atom stereocenters. The third-order valence-electron chi connectivity index (χ3n) is 2.11. The highest BCUT2D eigenvalue weighted by atomic mass is 32.1. The molecule has 0 saturated carbocycles. The van der Waals surface area contributed by atoms with E-state index in [1.807, 2.05) is 17.5 Å². The van der Waals surface area contributed by atoms with Gasteiger partial charge in [-0.3, -0.25) is 4.79 Å². The Balaban J connectivity index is 2.00. The first kappa shape index (κ1) is 13.5. The quantitative estimate of drug-likeness (QED) is 0.651. The van der Waals surface area contributed by atoms with Gasteiger partial charge in [-0.1, -0.05) is 6.07 Å². The highest BCUT2D eigenvalue weighted by Gasteiger charge is 2.01. The minimum atomic E-state index is -0.799. The summed E-state index contributed by atoms with van der Waals surface area (Å²) in [5, 5.41) is 15.8. The average Bonchev–Trinajstić information content (AvgIpc) is 2.78. The van der Waals surface area contributed by atoms with Crippen LogP contribution in [0, 0.1) is 0 Å². The van der Waals surface area contributed by atoms with Crippen molar-refractivity contribution in [2.75, 3.05) is 6.54 Å². The summed E-state index contributed by atoms with van der Waals surface area (Å²) in [7, 11) is 0. The van der Waals surface area contributed by atoms with Crippen LogP contribution < -0.4 is 10.6 Å². The number of rotatable bonds is 7. The van der Waals surface area contributed by atoms with Crippen molar-refractivity contribution >= 4 is 23.3 Å². The minimum absolute atomic E-state index is 0.151. The number of thiophene rings is 1. The molecule has 1 aromatic heterocycles.